The average molecular weight is 349 g/mol. The van der Waals surface area contributed by atoms with Gasteiger partial charge < -0.3 is 14.4 Å². The maximum Gasteiger partial charge on any atom is 0.139 e. The second-order valence-electron chi connectivity index (χ2n) is 6.97. The average Bonchev–Trinajstić information content (AvgIpc) is 3.17. The number of hydrogen-bond acceptors (Lipinski definition) is 4. The second-order valence-corrected chi connectivity index (χ2v) is 6.97. The van der Waals surface area contributed by atoms with Crippen molar-refractivity contribution in [2.45, 2.75) is 19.4 Å². The molecule has 0 aliphatic carbocycles. The third-order valence-corrected chi connectivity index (χ3v) is 5.25. The number of aliphatic hydroxyl groups is 1. The van der Waals surface area contributed by atoms with Gasteiger partial charge in [0.05, 0.1) is 6.61 Å². The largest absolute Gasteiger partial charge is 0.396 e. The highest BCUT2D eigenvalue weighted by atomic mass is 16.5. The van der Waals surface area contributed by atoms with Crippen LogP contribution in [-0.4, -0.2) is 39.5 Å². The van der Waals surface area contributed by atoms with Gasteiger partial charge in [0.1, 0.15) is 5.82 Å². The van der Waals surface area contributed by atoms with Gasteiger partial charge in [0, 0.05) is 55.5 Å². The van der Waals surface area contributed by atoms with Crippen molar-refractivity contribution < 1.29 is 9.84 Å². The van der Waals surface area contributed by atoms with E-state index in [4.69, 9.17) is 4.74 Å². The molecule has 1 fully saturated rings. The molecule has 134 valence electrons. The van der Waals surface area contributed by atoms with E-state index in [1.54, 1.807) is 6.20 Å². The van der Waals surface area contributed by atoms with Gasteiger partial charge in [-0.2, -0.15) is 0 Å². The molecule has 2 aromatic heterocycles. The summed E-state index contributed by atoms with van der Waals surface area (Å²) in [7, 11) is 0. The summed E-state index contributed by atoms with van der Waals surface area (Å²) in [4.78, 5) is 8.74. The maximum absolute atomic E-state index is 9.97. The van der Waals surface area contributed by atoms with Crippen molar-refractivity contribution in [3.05, 3.63) is 61.2 Å². The molecule has 1 aliphatic heterocycles. The van der Waals surface area contributed by atoms with Crippen molar-refractivity contribution in [2.24, 2.45) is 5.41 Å². The minimum Gasteiger partial charge on any atom is -0.396 e. The van der Waals surface area contributed by atoms with Crippen LogP contribution in [0.3, 0.4) is 0 Å². The van der Waals surface area contributed by atoms with Crippen LogP contribution in [0.5, 0.6) is 0 Å². The van der Waals surface area contributed by atoms with Crippen LogP contribution < -0.4 is 0 Å². The molecule has 5 heteroatoms. The molecule has 0 atom stereocenters. The van der Waals surface area contributed by atoms with Gasteiger partial charge in [0.15, 0.2) is 0 Å². The lowest BCUT2D eigenvalue weighted by Crippen LogP contribution is -2.37. The van der Waals surface area contributed by atoms with Crippen LogP contribution in [0.25, 0.3) is 22.5 Å². The monoisotopic (exact) mass is 349 g/mol. The second kappa shape index (κ2) is 7.40. The van der Waals surface area contributed by atoms with E-state index in [1.807, 2.05) is 24.7 Å². The molecule has 1 aliphatic rings. The predicted octanol–water partition coefficient (Wildman–Crippen LogP) is 3.40. The number of nitrogens with zero attached hydrogens (tertiary/aromatic N) is 3. The number of aliphatic hydroxyl groups excluding tert-OH is 1. The maximum atomic E-state index is 9.97. The van der Waals surface area contributed by atoms with Gasteiger partial charge in [-0.15, -0.1) is 0 Å². The Morgan fingerprint density at radius 2 is 1.77 bits per heavy atom. The van der Waals surface area contributed by atoms with Crippen molar-refractivity contribution in [3.63, 3.8) is 0 Å². The number of aromatic nitrogens is 3. The topological polar surface area (TPSA) is 60.2 Å². The Bertz CT molecular complexity index is 837. The van der Waals surface area contributed by atoms with Gasteiger partial charge in [0.25, 0.3) is 0 Å². The standard InChI is InChI=1S/C21H23N3O2/c25-16-21(7-12-26-13-8-21)15-24-11-10-23-20(24)18-5-3-17(4-6-18)19-2-1-9-22-14-19/h1-6,9-11,14,25H,7-8,12-13,15-16H2. The van der Waals surface area contributed by atoms with Gasteiger partial charge in [-0.05, 0) is 30.0 Å². The molecule has 1 N–H and O–H groups in total. The first-order valence-electron chi connectivity index (χ1n) is 9.00. The zero-order chi connectivity index (χ0) is 17.8. The molecule has 3 heterocycles. The molecular weight excluding hydrogens is 326 g/mol. The first-order chi connectivity index (χ1) is 12.8. The van der Waals surface area contributed by atoms with Gasteiger partial charge in [-0.1, -0.05) is 30.3 Å². The molecule has 0 radical (unpaired) electrons. The zero-order valence-corrected chi connectivity index (χ0v) is 14.7. The fraction of sp³-hybridized carbons (Fsp3) is 0.333. The van der Waals surface area contributed by atoms with E-state index in [2.05, 4.69) is 44.9 Å². The molecule has 0 amide bonds. The number of imidazole rings is 1. The number of pyridine rings is 1. The molecule has 0 saturated carbocycles. The Morgan fingerprint density at radius 1 is 1.00 bits per heavy atom. The normalized spacial score (nSPS) is 16.5. The van der Waals surface area contributed by atoms with Crippen LogP contribution in [0.15, 0.2) is 61.2 Å². The highest BCUT2D eigenvalue weighted by Gasteiger charge is 2.33. The molecule has 26 heavy (non-hydrogen) atoms. The van der Waals surface area contributed by atoms with Crippen LogP contribution in [0.1, 0.15) is 12.8 Å². The number of benzene rings is 1. The molecule has 3 aromatic rings. The van der Waals surface area contributed by atoms with Crippen LogP contribution in [0.4, 0.5) is 0 Å². The quantitative estimate of drug-likeness (QED) is 0.767. The van der Waals surface area contributed by atoms with Crippen molar-refractivity contribution in [1.29, 1.82) is 0 Å². The predicted molar refractivity (Wildman–Crippen MR) is 100 cm³/mol. The number of rotatable bonds is 5. The van der Waals surface area contributed by atoms with E-state index in [9.17, 15) is 5.11 Å². The minimum absolute atomic E-state index is 0.122. The number of hydrogen-bond donors (Lipinski definition) is 1. The highest BCUT2D eigenvalue weighted by molar-refractivity contribution is 5.67. The first-order valence-corrected chi connectivity index (χ1v) is 9.00. The SMILES string of the molecule is OCC1(Cn2ccnc2-c2ccc(-c3cccnc3)cc2)CCOCC1. The van der Waals surface area contributed by atoms with Gasteiger partial charge in [-0.3, -0.25) is 4.98 Å². The molecular formula is C21H23N3O2. The van der Waals surface area contributed by atoms with Crippen LogP contribution >= 0.6 is 0 Å². The lowest BCUT2D eigenvalue weighted by molar-refractivity contribution is -0.0250. The third kappa shape index (κ3) is 3.41. The zero-order valence-electron chi connectivity index (χ0n) is 14.7. The smallest absolute Gasteiger partial charge is 0.139 e. The Labute approximate surface area is 153 Å². The lowest BCUT2D eigenvalue weighted by Gasteiger charge is -2.36. The number of ether oxygens (including phenoxy) is 1. The molecule has 0 spiro atoms. The van der Waals surface area contributed by atoms with Crippen molar-refractivity contribution in [3.8, 4) is 22.5 Å². The summed E-state index contributed by atoms with van der Waals surface area (Å²) >= 11 is 0. The van der Waals surface area contributed by atoms with Gasteiger partial charge in [-0.25, -0.2) is 4.98 Å². The summed E-state index contributed by atoms with van der Waals surface area (Å²) in [5.41, 5.74) is 3.19. The molecule has 1 aromatic carbocycles. The molecule has 0 bridgehead atoms. The highest BCUT2D eigenvalue weighted by Crippen LogP contribution is 2.33. The Kier molecular flexibility index (Phi) is 4.82. The summed E-state index contributed by atoms with van der Waals surface area (Å²) < 4.78 is 7.63. The van der Waals surface area contributed by atoms with E-state index in [-0.39, 0.29) is 12.0 Å². The lowest BCUT2D eigenvalue weighted by atomic mass is 9.81. The van der Waals surface area contributed by atoms with Crippen molar-refractivity contribution in [1.82, 2.24) is 14.5 Å². The summed E-state index contributed by atoms with van der Waals surface area (Å²) in [6.07, 6.45) is 9.22. The van der Waals surface area contributed by atoms with E-state index in [0.717, 1.165) is 41.9 Å². The summed E-state index contributed by atoms with van der Waals surface area (Å²) in [6.45, 7) is 2.36. The fourth-order valence-electron chi connectivity index (χ4n) is 3.57. The first kappa shape index (κ1) is 16.9. The van der Waals surface area contributed by atoms with Gasteiger partial charge in [0.2, 0.25) is 0 Å². The van der Waals surface area contributed by atoms with Crippen molar-refractivity contribution in [2.75, 3.05) is 19.8 Å². The van der Waals surface area contributed by atoms with E-state index in [0.29, 0.717) is 13.2 Å². The van der Waals surface area contributed by atoms with E-state index < -0.39 is 0 Å². The van der Waals surface area contributed by atoms with Crippen molar-refractivity contribution >= 4 is 0 Å². The summed E-state index contributed by atoms with van der Waals surface area (Å²) in [6, 6.07) is 12.4. The Morgan fingerprint density at radius 3 is 2.46 bits per heavy atom. The Hall–Kier alpha value is -2.50. The summed E-state index contributed by atoms with van der Waals surface area (Å²) in [5, 5.41) is 9.97. The van der Waals surface area contributed by atoms with Crippen LogP contribution in [-0.2, 0) is 11.3 Å². The molecule has 4 rings (SSSR count). The van der Waals surface area contributed by atoms with Crippen LogP contribution in [0.2, 0.25) is 0 Å². The van der Waals surface area contributed by atoms with Crippen LogP contribution in [0, 0.1) is 5.41 Å². The summed E-state index contributed by atoms with van der Waals surface area (Å²) in [5.74, 6) is 0.932. The minimum atomic E-state index is -0.122. The van der Waals surface area contributed by atoms with E-state index in [1.165, 1.54) is 0 Å². The molecule has 0 unspecified atom stereocenters. The van der Waals surface area contributed by atoms with E-state index >= 15 is 0 Å². The van der Waals surface area contributed by atoms with Gasteiger partial charge >= 0.3 is 0 Å². The fourth-order valence-corrected chi connectivity index (χ4v) is 3.57. The molecule has 5 nitrogen and oxygen atoms in total. The molecule has 1 saturated heterocycles. The third-order valence-electron chi connectivity index (χ3n) is 5.25. The Balaban J connectivity index is 1.58.